The highest BCUT2D eigenvalue weighted by molar-refractivity contribution is 7.89. The van der Waals surface area contributed by atoms with Crippen LogP contribution in [0.25, 0.3) is 0 Å². The molecule has 0 bridgehead atoms. The lowest BCUT2D eigenvalue weighted by atomic mass is 10.1. The summed E-state index contributed by atoms with van der Waals surface area (Å²) in [4.78, 5) is 4.88. The van der Waals surface area contributed by atoms with Gasteiger partial charge in [-0.05, 0) is 50.1 Å². The number of rotatable bonds is 8. The molecule has 0 aliphatic rings. The summed E-state index contributed by atoms with van der Waals surface area (Å²) in [6, 6.07) is 12.9. The molecule has 0 aliphatic carbocycles. The summed E-state index contributed by atoms with van der Waals surface area (Å²) in [7, 11) is -3.56. The van der Waals surface area contributed by atoms with Crippen molar-refractivity contribution in [1.82, 2.24) is 9.29 Å². The fourth-order valence-electron chi connectivity index (χ4n) is 2.91. The lowest BCUT2D eigenvalue weighted by molar-refractivity contribution is 0.302. The lowest BCUT2D eigenvalue weighted by Gasteiger charge is -2.19. The molecule has 0 fully saturated rings. The van der Waals surface area contributed by atoms with Gasteiger partial charge in [-0.25, -0.2) is 13.4 Å². The Morgan fingerprint density at radius 1 is 1.07 bits per heavy atom. The lowest BCUT2D eigenvalue weighted by Crippen LogP contribution is -2.30. The number of hydrogen-bond acceptors (Lipinski definition) is 5. The molecule has 0 N–H and O–H groups in total. The van der Waals surface area contributed by atoms with Gasteiger partial charge in [-0.3, -0.25) is 0 Å². The number of thiazole rings is 1. The van der Waals surface area contributed by atoms with Gasteiger partial charge in [-0.15, -0.1) is 11.3 Å². The molecular weight excluding hydrogens is 404 g/mol. The van der Waals surface area contributed by atoms with Crippen LogP contribution in [0, 0.1) is 20.8 Å². The number of benzene rings is 2. The Morgan fingerprint density at radius 3 is 2.48 bits per heavy atom. The van der Waals surface area contributed by atoms with E-state index >= 15 is 0 Å². The third-order valence-corrected chi connectivity index (χ3v) is 7.66. The second-order valence-electron chi connectivity index (χ2n) is 6.96. The third-order valence-electron chi connectivity index (χ3n) is 4.86. The van der Waals surface area contributed by atoms with Crippen molar-refractivity contribution in [2.45, 2.75) is 45.7 Å². The van der Waals surface area contributed by atoms with Gasteiger partial charge in [0.25, 0.3) is 0 Å². The van der Waals surface area contributed by atoms with Crippen LogP contribution in [0.4, 0.5) is 0 Å². The van der Waals surface area contributed by atoms with Crippen LogP contribution in [0.3, 0.4) is 0 Å². The van der Waals surface area contributed by atoms with Crippen molar-refractivity contribution in [3.8, 4) is 5.75 Å². The molecule has 7 heteroatoms. The van der Waals surface area contributed by atoms with Crippen LogP contribution in [0.1, 0.15) is 34.3 Å². The summed E-state index contributed by atoms with van der Waals surface area (Å²) in [6.45, 7) is 8.85. The predicted octanol–water partition coefficient (Wildman–Crippen LogP) is 4.86. The molecule has 1 heterocycles. The molecule has 0 atom stereocenters. The van der Waals surface area contributed by atoms with Crippen molar-refractivity contribution < 1.29 is 13.2 Å². The van der Waals surface area contributed by atoms with E-state index in [1.807, 2.05) is 50.4 Å². The minimum Gasteiger partial charge on any atom is -0.486 e. The zero-order valence-corrected chi connectivity index (χ0v) is 18.8. The molecule has 3 rings (SSSR count). The molecule has 0 unspecified atom stereocenters. The fraction of sp³-hybridized carbons (Fsp3) is 0.318. The highest BCUT2D eigenvalue weighted by Gasteiger charge is 2.24. The van der Waals surface area contributed by atoms with Crippen LogP contribution in [-0.2, 0) is 23.2 Å². The Morgan fingerprint density at radius 2 is 1.79 bits per heavy atom. The maximum atomic E-state index is 12.9. The van der Waals surface area contributed by atoms with Crippen molar-refractivity contribution in [3.63, 3.8) is 0 Å². The van der Waals surface area contributed by atoms with Crippen LogP contribution in [0.15, 0.2) is 52.7 Å². The summed E-state index contributed by atoms with van der Waals surface area (Å²) < 4.78 is 33.2. The van der Waals surface area contributed by atoms with Crippen molar-refractivity contribution in [2.75, 3.05) is 6.54 Å². The maximum Gasteiger partial charge on any atom is 0.243 e. The van der Waals surface area contributed by atoms with E-state index in [2.05, 4.69) is 18.0 Å². The Labute approximate surface area is 177 Å². The number of hydrogen-bond donors (Lipinski definition) is 0. The van der Waals surface area contributed by atoms with Crippen molar-refractivity contribution in [3.05, 3.63) is 75.2 Å². The highest BCUT2D eigenvalue weighted by atomic mass is 32.2. The Hall–Kier alpha value is -2.22. The average Bonchev–Trinajstić information content (AvgIpc) is 3.15. The second-order valence-corrected chi connectivity index (χ2v) is 9.84. The Kier molecular flexibility index (Phi) is 6.72. The monoisotopic (exact) mass is 430 g/mol. The summed E-state index contributed by atoms with van der Waals surface area (Å²) in [5, 5.41) is 2.72. The average molecular weight is 431 g/mol. The summed E-state index contributed by atoms with van der Waals surface area (Å²) in [5.74, 6) is 0.846. The molecule has 0 radical (unpaired) electrons. The van der Waals surface area contributed by atoms with Gasteiger partial charge in [-0.2, -0.15) is 4.31 Å². The van der Waals surface area contributed by atoms with E-state index in [1.165, 1.54) is 21.2 Å². The second kappa shape index (κ2) is 9.07. The molecule has 29 heavy (non-hydrogen) atoms. The number of nitrogens with zero attached hydrogens (tertiary/aromatic N) is 2. The van der Waals surface area contributed by atoms with Crippen LogP contribution < -0.4 is 4.74 Å². The van der Waals surface area contributed by atoms with Gasteiger partial charge in [0.15, 0.2) is 0 Å². The number of ether oxygens (including phenoxy) is 1. The minimum absolute atomic E-state index is 0.243. The van der Waals surface area contributed by atoms with Gasteiger partial charge in [0.2, 0.25) is 10.0 Å². The van der Waals surface area contributed by atoms with Crippen LogP contribution in [0.2, 0.25) is 0 Å². The van der Waals surface area contributed by atoms with Crippen molar-refractivity contribution >= 4 is 21.4 Å². The quantitative estimate of drug-likeness (QED) is 0.512. The van der Waals surface area contributed by atoms with E-state index in [0.29, 0.717) is 18.0 Å². The molecule has 0 saturated heterocycles. The SMILES string of the molecule is CCN(Cc1csc(COc2cccc(C)c2C)n1)S(=O)(=O)c1ccc(C)cc1. The van der Waals surface area contributed by atoms with Gasteiger partial charge in [-0.1, -0.05) is 36.8 Å². The van der Waals surface area contributed by atoms with E-state index in [1.54, 1.807) is 12.1 Å². The fourth-order valence-corrected chi connectivity index (χ4v) is 5.03. The molecule has 2 aromatic carbocycles. The van der Waals surface area contributed by atoms with Crippen molar-refractivity contribution in [2.24, 2.45) is 0 Å². The summed E-state index contributed by atoms with van der Waals surface area (Å²) >= 11 is 1.48. The Balaban J connectivity index is 1.69. The largest absolute Gasteiger partial charge is 0.486 e. The molecule has 0 saturated carbocycles. The van der Waals surface area contributed by atoms with E-state index in [9.17, 15) is 8.42 Å². The first kappa shape index (κ1) is 21.5. The Bertz CT molecular complexity index is 1070. The standard InChI is InChI=1S/C22H26N2O3S2/c1-5-24(29(25,26)20-11-9-16(2)10-12-20)13-19-15-28-22(23-19)14-27-21-8-6-7-17(3)18(21)4/h6-12,15H,5,13-14H2,1-4H3. The normalized spacial score (nSPS) is 11.8. The number of aromatic nitrogens is 1. The molecule has 154 valence electrons. The van der Waals surface area contributed by atoms with Gasteiger partial charge in [0.05, 0.1) is 17.1 Å². The first-order valence-corrected chi connectivity index (χ1v) is 11.8. The van der Waals surface area contributed by atoms with E-state index in [4.69, 9.17) is 4.74 Å². The van der Waals surface area contributed by atoms with Gasteiger partial charge < -0.3 is 4.74 Å². The molecular formula is C22H26N2O3S2. The van der Waals surface area contributed by atoms with Gasteiger partial charge in [0.1, 0.15) is 17.4 Å². The summed E-state index contributed by atoms with van der Waals surface area (Å²) in [6.07, 6.45) is 0. The van der Waals surface area contributed by atoms with Crippen LogP contribution in [0.5, 0.6) is 5.75 Å². The molecule has 0 spiro atoms. The first-order valence-electron chi connectivity index (χ1n) is 9.50. The zero-order chi connectivity index (χ0) is 21.0. The molecule has 0 amide bonds. The minimum atomic E-state index is -3.56. The summed E-state index contributed by atoms with van der Waals surface area (Å²) in [5.41, 5.74) is 4.06. The number of aryl methyl sites for hydroxylation is 2. The molecule has 1 aromatic heterocycles. The molecule has 0 aliphatic heterocycles. The van der Waals surface area contributed by atoms with Crippen molar-refractivity contribution in [1.29, 1.82) is 0 Å². The zero-order valence-electron chi connectivity index (χ0n) is 17.2. The van der Waals surface area contributed by atoms with Gasteiger partial charge in [0, 0.05) is 11.9 Å². The third kappa shape index (κ3) is 5.04. The predicted molar refractivity (Wildman–Crippen MR) is 117 cm³/mol. The van der Waals surface area contributed by atoms with Gasteiger partial charge >= 0.3 is 0 Å². The first-order chi connectivity index (χ1) is 13.8. The van der Waals surface area contributed by atoms with Crippen LogP contribution in [-0.4, -0.2) is 24.3 Å². The van der Waals surface area contributed by atoms with Crippen LogP contribution >= 0.6 is 11.3 Å². The molecule has 3 aromatic rings. The van der Waals surface area contributed by atoms with E-state index in [0.717, 1.165) is 27.6 Å². The molecule has 5 nitrogen and oxygen atoms in total. The maximum absolute atomic E-state index is 12.9. The topological polar surface area (TPSA) is 59.5 Å². The smallest absolute Gasteiger partial charge is 0.243 e. The number of sulfonamides is 1. The van der Waals surface area contributed by atoms with E-state index < -0.39 is 10.0 Å². The highest BCUT2D eigenvalue weighted by Crippen LogP contribution is 2.23. The van der Waals surface area contributed by atoms with E-state index in [-0.39, 0.29) is 6.54 Å².